The molecule has 9 heteroatoms. The first-order chi connectivity index (χ1) is 18.1. The van der Waals surface area contributed by atoms with Crippen LogP contribution in [0.25, 0.3) is 0 Å². The van der Waals surface area contributed by atoms with Gasteiger partial charge in [-0.15, -0.1) is 0 Å². The summed E-state index contributed by atoms with van der Waals surface area (Å²) in [5.74, 6) is -0.683. The highest BCUT2D eigenvalue weighted by atomic mass is 32.3. The van der Waals surface area contributed by atoms with Crippen LogP contribution in [0, 0.1) is 0 Å². The summed E-state index contributed by atoms with van der Waals surface area (Å²) in [6.07, 6.45) is 26.4. The summed E-state index contributed by atoms with van der Waals surface area (Å²) in [5.41, 5.74) is 0. The molecule has 1 unspecified atom stereocenters. The summed E-state index contributed by atoms with van der Waals surface area (Å²) in [6.45, 7) is 5.92. The quantitative estimate of drug-likeness (QED) is 0.0483. The molecule has 0 heterocycles. The fourth-order valence-corrected chi connectivity index (χ4v) is 4.75. The van der Waals surface area contributed by atoms with Crippen LogP contribution in [0.4, 0.5) is 0 Å². The largest absolute Gasteiger partial charge is 0.726 e. The fraction of sp³-hybridized carbons (Fsp3) is 0.966. The number of carboxylic acid groups (broad SMARTS) is 1. The SMILES string of the molecule is CCCCCCCCCCCCCCCCCC[N+](C)(CCCCO)CCCCC(=O)O.COS(=O)(=O)[O-]. The van der Waals surface area contributed by atoms with Gasteiger partial charge in [-0.2, -0.15) is 0 Å². The molecule has 0 amide bonds. The molecule has 0 aromatic heterocycles. The number of hydrogen-bond acceptors (Lipinski definition) is 6. The molecule has 0 saturated carbocycles. The second-order valence-electron chi connectivity index (χ2n) is 11.0. The molecule has 230 valence electrons. The van der Waals surface area contributed by atoms with Crippen molar-refractivity contribution in [3.8, 4) is 0 Å². The molecular formula is C29H61NO7S. The lowest BCUT2D eigenvalue weighted by Crippen LogP contribution is -2.46. The van der Waals surface area contributed by atoms with Crippen molar-refractivity contribution < 1.29 is 36.6 Å². The maximum Gasteiger partial charge on any atom is 0.303 e. The highest BCUT2D eigenvalue weighted by Gasteiger charge is 2.20. The molecule has 0 radical (unpaired) electrons. The molecular weight excluding hydrogens is 506 g/mol. The predicted molar refractivity (Wildman–Crippen MR) is 155 cm³/mol. The van der Waals surface area contributed by atoms with Crippen LogP contribution in [-0.2, 0) is 19.4 Å². The monoisotopic (exact) mass is 567 g/mol. The summed E-state index contributed by atoms with van der Waals surface area (Å²) in [6, 6.07) is 0. The molecule has 0 rings (SSSR count). The molecule has 1 atom stereocenters. The Labute approximate surface area is 235 Å². The van der Waals surface area contributed by atoms with Crippen molar-refractivity contribution in [3.63, 3.8) is 0 Å². The highest BCUT2D eigenvalue weighted by molar-refractivity contribution is 7.80. The third-order valence-corrected chi connectivity index (χ3v) is 7.61. The van der Waals surface area contributed by atoms with Crippen LogP contribution in [-0.4, -0.2) is 74.0 Å². The lowest BCUT2D eigenvalue weighted by Gasteiger charge is -2.35. The van der Waals surface area contributed by atoms with E-state index in [2.05, 4.69) is 18.2 Å². The summed E-state index contributed by atoms with van der Waals surface area (Å²) in [7, 11) is -1.28. The van der Waals surface area contributed by atoms with E-state index in [1.54, 1.807) is 0 Å². The van der Waals surface area contributed by atoms with Crippen LogP contribution in [0.15, 0.2) is 0 Å². The van der Waals surface area contributed by atoms with Gasteiger partial charge in [0.05, 0.1) is 33.8 Å². The number of aliphatic hydroxyl groups is 1. The molecule has 0 aliphatic rings. The van der Waals surface area contributed by atoms with E-state index in [9.17, 15) is 17.8 Å². The number of rotatable bonds is 27. The van der Waals surface area contributed by atoms with E-state index in [4.69, 9.17) is 10.2 Å². The van der Waals surface area contributed by atoms with E-state index in [1.165, 1.54) is 109 Å². The molecule has 0 fully saturated rings. The Kier molecular flexibility index (Phi) is 28.8. The van der Waals surface area contributed by atoms with Crippen LogP contribution < -0.4 is 0 Å². The Morgan fingerprint density at radius 2 is 1.00 bits per heavy atom. The van der Waals surface area contributed by atoms with E-state index >= 15 is 0 Å². The van der Waals surface area contributed by atoms with E-state index in [-0.39, 0.29) is 13.0 Å². The van der Waals surface area contributed by atoms with Crippen LogP contribution >= 0.6 is 0 Å². The Morgan fingerprint density at radius 3 is 1.32 bits per heavy atom. The second-order valence-corrected chi connectivity index (χ2v) is 12.1. The average molecular weight is 568 g/mol. The molecule has 2 N–H and O–H groups in total. The van der Waals surface area contributed by atoms with Crippen molar-refractivity contribution in [1.82, 2.24) is 0 Å². The van der Waals surface area contributed by atoms with Gasteiger partial charge in [0, 0.05) is 13.0 Å². The molecule has 0 aliphatic heterocycles. The maximum absolute atomic E-state index is 10.7. The van der Waals surface area contributed by atoms with Crippen LogP contribution in [0.5, 0.6) is 0 Å². The lowest BCUT2D eigenvalue weighted by molar-refractivity contribution is -0.910. The molecule has 0 aliphatic carbocycles. The first-order valence-electron chi connectivity index (χ1n) is 15.3. The van der Waals surface area contributed by atoms with Crippen LogP contribution in [0.2, 0.25) is 0 Å². The Hall–Kier alpha value is -0.740. The van der Waals surface area contributed by atoms with Gasteiger partial charge in [-0.1, -0.05) is 96.8 Å². The number of nitrogens with zero attached hydrogens (tertiary/aromatic N) is 1. The summed E-state index contributed by atoms with van der Waals surface area (Å²) in [4.78, 5) is 10.7. The topological polar surface area (TPSA) is 124 Å². The number of hydrogen-bond donors (Lipinski definition) is 2. The molecule has 38 heavy (non-hydrogen) atoms. The zero-order chi connectivity index (χ0) is 29.0. The molecule has 0 aromatic rings. The van der Waals surface area contributed by atoms with Gasteiger partial charge in [0.2, 0.25) is 10.4 Å². The summed E-state index contributed by atoms with van der Waals surface area (Å²) < 4.78 is 32.1. The zero-order valence-electron chi connectivity index (χ0n) is 25.0. The fourth-order valence-electron chi connectivity index (χ4n) is 4.75. The second kappa shape index (κ2) is 27.8. The van der Waals surface area contributed by atoms with Crippen molar-refractivity contribution in [2.75, 3.05) is 40.4 Å². The molecule has 0 spiro atoms. The Morgan fingerprint density at radius 1 is 0.684 bits per heavy atom. The minimum Gasteiger partial charge on any atom is -0.726 e. The molecule has 0 saturated heterocycles. The van der Waals surface area contributed by atoms with Crippen LogP contribution in [0.1, 0.15) is 142 Å². The first kappa shape index (κ1) is 39.4. The minimum atomic E-state index is -4.41. The lowest BCUT2D eigenvalue weighted by atomic mass is 10.0. The van der Waals surface area contributed by atoms with Gasteiger partial charge in [-0.3, -0.25) is 8.98 Å². The van der Waals surface area contributed by atoms with E-state index < -0.39 is 16.4 Å². The first-order valence-corrected chi connectivity index (χ1v) is 16.6. The van der Waals surface area contributed by atoms with E-state index in [1.807, 2.05) is 0 Å². The number of quaternary nitrogens is 1. The average Bonchev–Trinajstić information content (AvgIpc) is 2.86. The van der Waals surface area contributed by atoms with Gasteiger partial charge in [0.25, 0.3) is 0 Å². The Bertz CT molecular complexity index is 616. The minimum absolute atomic E-state index is 0.276. The third kappa shape index (κ3) is 33.3. The maximum atomic E-state index is 10.7. The number of carboxylic acids is 1. The molecule has 0 aromatic carbocycles. The van der Waals surface area contributed by atoms with E-state index in [0.717, 1.165) is 50.4 Å². The van der Waals surface area contributed by atoms with Gasteiger partial charge >= 0.3 is 5.97 Å². The zero-order valence-corrected chi connectivity index (χ0v) is 25.8. The van der Waals surface area contributed by atoms with Crippen molar-refractivity contribution in [2.24, 2.45) is 0 Å². The summed E-state index contributed by atoms with van der Waals surface area (Å²) in [5, 5.41) is 17.9. The summed E-state index contributed by atoms with van der Waals surface area (Å²) >= 11 is 0. The smallest absolute Gasteiger partial charge is 0.303 e. The highest BCUT2D eigenvalue weighted by Crippen LogP contribution is 2.16. The normalized spacial score (nSPS) is 13.1. The predicted octanol–water partition coefficient (Wildman–Crippen LogP) is 6.81. The number of unbranched alkanes of at least 4 members (excludes halogenated alkanes) is 17. The molecule has 0 bridgehead atoms. The van der Waals surface area contributed by atoms with Crippen molar-refractivity contribution >= 4 is 16.4 Å². The van der Waals surface area contributed by atoms with E-state index in [0.29, 0.717) is 0 Å². The number of aliphatic carboxylic acids is 1. The Balaban J connectivity index is 0. The van der Waals surface area contributed by atoms with Gasteiger partial charge in [0.1, 0.15) is 0 Å². The van der Waals surface area contributed by atoms with Gasteiger partial charge in [0.15, 0.2) is 0 Å². The number of aliphatic hydroxyl groups excluding tert-OH is 1. The molecule has 8 nitrogen and oxygen atoms in total. The van der Waals surface area contributed by atoms with Gasteiger partial charge in [-0.25, -0.2) is 8.42 Å². The number of carbonyl (C=O) groups is 1. The van der Waals surface area contributed by atoms with Crippen molar-refractivity contribution in [2.45, 2.75) is 142 Å². The van der Waals surface area contributed by atoms with Gasteiger partial charge in [-0.05, 0) is 38.5 Å². The van der Waals surface area contributed by atoms with Crippen LogP contribution in [0.3, 0.4) is 0 Å². The van der Waals surface area contributed by atoms with Crippen molar-refractivity contribution in [1.29, 1.82) is 0 Å². The third-order valence-electron chi connectivity index (χ3n) is 7.20. The van der Waals surface area contributed by atoms with Crippen molar-refractivity contribution in [3.05, 3.63) is 0 Å². The standard InChI is InChI=1S/C28H57NO3.CH4O4S/c1-3-4-5-6-7-8-9-10-11-12-13-14-15-16-17-19-24-29(2,26-21-22-27-30)25-20-18-23-28(31)32;1-5-6(2,3)4/h30H,3-27H2,1-2H3;1H3,(H,2,3,4). The van der Waals surface area contributed by atoms with Gasteiger partial charge < -0.3 is 19.2 Å².